The molecule has 2 amide bonds. The molecule has 0 radical (unpaired) electrons. The van der Waals surface area contributed by atoms with E-state index < -0.39 is 0 Å². The van der Waals surface area contributed by atoms with Crippen LogP contribution in [-0.2, 0) is 9.59 Å². The Balaban J connectivity index is 0.930. The zero-order valence-corrected chi connectivity index (χ0v) is 30.8. The van der Waals surface area contributed by atoms with Gasteiger partial charge in [-0.25, -0.2) is 9.97 Å². The normalized spacial score (nSPS) is 13.7. The number of carbonyl (C=O) groups excluding carboxylic acids is 2. The van der Waals surface area contributed by atoms with Gasteiger partial charge in [-0.1, -0.05) is 19.8 Å². The summed E-state index contributed by atoms with van der Waals surface area (Å²) in [7, 11) is 4.23. The summed E-state index contributed by atoms with van der Waals surface area (Å²) in [5.74, 6) is 2.21. The Morgan fingerprint density at radius 2 is 1.38 bits per heavy atom. The number of rotatable bonds is 18. The molecule has 12 nitrogen and oxygen atoms in total. The Morgan fingerprint density at radius 1 is 0.769 bits per heavy atom. The summed E-state index contributed by atoms with van der Waals surface area (Å²) >= 11 is 0. The number of nitrogens with one attached hydrogen (secondary N) is 4. The molecule has 0 aliphatic carbocycles. The van der Waals surface area contributed by atoms with Gasteiger partial charge in [0, 0.05) is 62.5 Å². The minimum absolute atomic E-state index is 0.0422. The van der Waals surface area contributed by atoms with E-state index in [0.29, 0.717) is 25.3 Å². The Morgan fingerprint density at radius 3 is 2.08 bits per heavy atom. The van der Waals surface area contributed by atoms with E-state index in [9.17, 15) is 9.59 Å². The van der Waals surface area contributed by atoms with Crippen LogP contribution in [0.5, 0.6) is 5.75 Å². The molecule has 3 heterocycles. The lowest BCUT2D eigenvalue weighted by Crippen LogP contribution is -2.44. The molecule has 0 spiro atoms. The number of hydrogen-bond acceptors (Lipinski definition) is 8. The SMILES string of the molecule is CCCCCC(=O)NCCCN(C)CCCNC(=O)COc1ccc(-c2nc3ccc(-c4nc5ccc(N6CCN(C)CC6)cc5[nH]4)cc3[nH]2)cc1. The van der Waals surface area contributed by atoms with Crippen molar-refractivity contribution in [3.8, 4) is 28.5 Å². The van der Waals surface area contributed by atoms with Gasteiger partial charge in [0.05, 0.1) is 22.1 Å². The maximum Gasteiger partial charge on any atom is 0.257 e. The molecule has 1 saturated heterocycles. The van der Waals surface area contributed by atoms with E-state index in [1.54, 1.807) is 0 Å². The molecule has 0 bridgehead atoms. The molecule has 1 fully saturated rings. The van der Waals surface area contributed by atoms with Gasteiger partial charge >= 0.3 is 0 Å². The highest BCUT2D eigenvalue weighted by molar-refractivity contribution is 5.87. The van der Waals surface area contributed by atoms with Crippen molar-refractivity contribution in [3.05, 3.63) is 60.7 Å². The quantitative estimate of drug-likeness (QED) is 0.0887. The smallest absolute Gasteiger partial charge is 0.257 e. The molecular formula is C40H53N9O3. The van der Waals surface area contributed by atoms with Gasteiger partial charge in [-0.15, -0.1) is 0 Å². The number of imidazole rings is 2. The highest BCUT2D eigenvalue weighted by atomic mass is 16.5. The molecule has 2 aromatic heterocycles. The molecule has 0 saturated carbocycles. The first-order valence-corrected chi connectivity index (χ1v) is 18.7. The van der Waals surface area contributed by atoms with Gasteiger partial charge in [0.1, 0.15) is 17.4 Å². The Bertz CT molecular complexity index is 1910. The molecule has 0 unspecified atom stereocenters. The van der Waals surface area contributed by atoms with Crippen molar-refractivity contribution in [2.45, 2.75) is 45.4 Å². The van der Waals surface area contributed by atoms with E-state index in [1.165, 1.54) is 5.69 Å². The number of fused-ring (bicyclic) bond motifs is 2. The Labute approximate surface area is 306 Å². The number of carbonyl (C=O) groups is 2. The number of nitrogens with zero attached hydrogens (tertiary/aromatic N) is 5. The van der Waals surface area contributed by atoms with Gasteiger partial charge in [-0.2, -0.15) is 0 Å². The molecule has 0 atom stereocenters. The molecule has 1 aliphatic heterocycles. The molecule has 276 valence electrons. The van der Waals surface area contributed by atoms with Gasteiger partial charge in [0.25, 0.3) is 5.91 Å². The Kier molecular flexibility index (Phi) is 12.8. The second kappa shape index (κ2) is 18.0. The van der Waals surface area contributed by atoms with Gasteiger partial charge in [-0.05, 0) is 107 Å². The van der Waals surface area contributed by atoms with Crippen molar-refractivity contribution in [1.82, 2.24) is 40.4 Å². The lowest BCUT2D eigenvalue weighted by atomic mass is 10.2. The van der Waals surface area contributed by atoms with E-state index in [4.69, 9.17) is 14.7 Å². The number of aromatic amines is 2. The number of benzene rings is 3. The van der Waals surface area contributed by atoms with E-state index in [0.717, 1.165) is 116 Å². The first-order valence-electron chi connectivity index (χ1n) is 18.7. The zero-order chi connectivity index (χ0) is 36.3. The number of hydrogen-bond donors (Lipinski definition) is 4. The van der Waals surface area contributed by atoms with Crippen molar-refractivity contribution in [2.24, 2.45) is 0 Å². The lowest BCUT2D eigenvalue weighted by Gasteiger charge is -2.34. The van der Waals surface area contributed by atoms with Crippen LogP contribution in [0.3, 0.4) is 0 Å². The highest BCUT2D eigenvalue weighted by Gasteiger charge is 2.16. The standard InChI is InChI=1S/C40H53N9O3/c1-4-5-6-9-37(50)41-18-7-20-47(2)21-8-19-42-38(51)28-52-32-14-10-29(11-15-32)39-43-33-16-12-30(26-35(33)45-39)40-44-34-17-13-31(27-36(34)46-40)49-24-22-48(3)23-25-49/h10-17,26-27H,4-9,18-25,28H2,1-3H3,(H,41,50)(H,42,51)(H,43,45)(H,44,46). The molecule has 12 heteroatoms. The number of unbranched alkanes of at least 4 members (excludes halogenated alkanes) is 2. The van der Waals surface area contributed by atoms with E-state index in [1.807, 2.05) is 36.4 Å². The molecule has 3 aromatic carbocycles. The zero-order valence-electron chi connectivity index (χ0n) is 30.8. The monoisotopic (exact) mass is 707 g/mol. The van der Waals surface area contributed by atoms with Crippen molar-refractivity contribution in [2.75, 3.05) is 78.0 Å². The summed E-state index contributed by atoms with van der Waals surface area (Å²) in [6.07, 6.45) is 5.56. The number of H-pyrrole nitrogens is 2. The maximum atomic E-state index is 12.4. The van der Waals surface area contributed by atoms with Gasteiger partial charge < -0.3 is 40.0 Å². The van der Waals surface area contributed by atoms with Crippen molar-refractivity contribution in [3.63, 3.8) is 0 Å². The maximum absolute atomic E-state index is 12.4. The average molecular weight is 708 g/mol. The summed E-state index contributed by atoms with van der Waals surface area (Å²) < 4.78 is 5.74. The summed E-state index contributed by atoms with van der Waals surface area (Å²) in [5.41, 5.74) is 6.92. The second-order valence-electron chi connectivity index (χ2n) is 13.9. The number of ether oxygens (including phenoxy) is 1. The highest BCUT2D eigenvalue weighted by Crippen LogP contribution is 2.29. The Hall–Kier alpha value is -4.94. The average Bonchev–Trinajstić information content (AvgIpc) is 3.79. The topological polar surface area (TPSA) is 135 Å². The van der Waals surface area contributed by atoms with Crippen LogP contribution < -0.4 is 20.3 Å². The third-order valence-electron chi connectivity index (χ3n) is 9.67. The summed E-state index contributed by atoms with van der Waals surface area (Å²) in [6, 6.07) is 20.2. The minimum Gasteiger partial charge on any atom is -0.484 e. The molecule has 4 N–H and O–H groups in total. The summed E-state index contributed by atoms with van der Waals surface area (Å²) in [6.45, 7) is 9.34. The van der Waals surface area contributed by atoms with Crippen molar-refractivity contribution >= 4 is 39.6 Å². The van der Waals surface area contributed by atoms with Crippen LogP contribution in [0.15, 0.2) is 60.7 Å². The summed E-state index contributed by atoms with van der Waals surface area (Å²) in [4.78, 5) is 47.9. The van der Waals surface area contributed by atoms with E-state index in [-0.39, 0.29) is 18.4 Å². The fourth-order valence-electron chi connectivity index (χ4n) is 6.49. The van der Waals surface area contributed by atoms with Crippen LogP contribution in [0.4, 0.5) is 5.69 Å². The first kappa shape index (κ1) is 36.8. The molecule has 52 heavy (non-hydrogen) atoms. The van der Waals surface area contributed by atoms with E-state index >= 15 is 0 Å². The third-order valence-corrected chi connectivity index (χ3v) is 9.67. The number of piperazine rings is 1. The third kappa shape index (κ3) is 10.1. The van der Waals surface area contributed by atoms with E-state index in [2.05, 4.69) is 80.6 Å². The molecular weight excluding hydrogens is 654 g/mol. The number of aromatic nitrogens is 4. The van der Waals surface area contributed by atoms with Crippen LogP contribution in [0.1, 0.15) is 45.4 Å². The van der Waals surface area contributed by atoms with Crippen LogP contribution in [0, 0.1) is 0 Å². The summed E-state index contributed by atoms with van der Waals surface area (Å²) in [5, 5.41) is 5.93. The molecule has 5 aromatic rings. The number of amides is 2. The van der Waals surface area contributed by atoms with Gasteiger partial charge in [0.2, 0.25) is 5.91 Å². The number of anilines is 1. The largest absolute Gasteiger partial charge is 0.484 e. The fraction of sp³-hybridized carbons (Fsp3) is 0.450. The van der Waals surface area contributed by atoms with Crippen molar-refractivity contribution in [1.29, 1.82) is 0 Å². The second-order valence-corrected chi connectivity index (χ2v) is 13.9. The minimum atomic E-state index is -0.148. The van der Waals surface area contributed by atoms with Crippen molar-refractivity contribution < 1.29 is 14.3 Å². The van der Waals surface area contributed by atoms with Gasteiger partial charge in [-0.3, -0.25) is 9.59 Å². The first-order chi connectivity index (χ1) is 25.3. The predicted molar refractivity (Wildman–Crippen MR) is 209 cm³/mol. The molecule has 1 aliphatic rings. The van der Waals surface area contributed by atoms with Crippen LogP contribution in [0.25, 0.3) is 44.8 Å². The van der Waals surface area contributed by atoms with Crippen LogP contribution in [-0.4, -0.2) is 115 Å². The predicted octanol–water partition coefficient (Wildman–Crippen LogP) is 5.43. The number of likely N-dealkylation sites (N-methyl/N-ethyl adjacent to an activating group) is 1. The lowest BCUT2D eigenvalue weighted by molar-refractivity contribution is -0.123. The fourth-order valence-corrected chi connectivity index (χ4v) is 6.49. The van der Waals surface area contributed by atoms with Gasteiger partial charge in [0.15, 0.2) is 6.61 Å². The molecule has 6 rings (SSSR count). The van der Waals surface area contributed by atoms with Crippen LogP contribution >= 0.6 is 0 Å². The van der Waals surface area contributed by atoms with Crippen LogP contribution in [0.2, 0.25) is 0 Å².